The maximum atomic E-state index is 12.3. The van der Waals surface area contributed by atoms with Crippen LogP contribution in [0.2, 0.25) is 0 Å². The molecule has 0 aromatic heterocycles. The van der Waals surface area contributed by atoms with Crippen molar-refractivity contribution in [1.29, 1.82) is 0 Å². The molecule has 1 fully saturated rings. The van der Waals surface area contributed by atoms with Crippen LogP contribution in [-0.4, -0.2) is 36.2 Å². The van der Waals surface area contributed by atoms with E-state index < -0.39 is 18.0 Å². The zero-order valence-corrected chi connectivity index (χ0v) is 16.3. The number of benzene rings is 2. The summed E-state index contributed by atoms with van der Waals surface area (Å²) >= 11 is 0. The molecule has 2 aromatic carbocycles. The normalized spacial score (nSPS) is 14.4. The van der Waals surface area contributed by atoms with Crippen molar-refractivity contribution in [2.24, 2.45) is 0 Å². The van der Waals surface area contributed by atoms with E-state index in [0.29, 0.717) is 29.8 Å². The first-order valence-electron chi connectivity index (χ1n) is 9.38. The highest BCUT2D eigenvalue weighted by Crippen LogP contribution is 2.22. The van der Waals surface area contributed by atoms with Gasteiger partial charge >= 0.3 is 5.97 Å². The van der Waals surface area contributed by atoms with E-state index in [1.165, 1.54) is 13.8 Å². The fourth-order valence-electron chi connectivity index (χ4n) is 3.01. The van der Waals surface area contributed by atoms with Gasteiger partial charge in [-0.3, -0.25) is 14.4 Å². The average molecular weight is 394 g/mol. The molecule has 1 saturated heterocycles. The van der Waals surface area contributed by atoms with E-state index in [9.17, 15) is 19.2 Å². The molecule has 29 heavy (non-hydrogen) atoms. The Labute approximate surface area is 168 Å². The number of carbonyl (C=O) groups excluding carboxylic acids is 4. The van der Waals surface area contributed by atoms with E-state index in [1.54, 1.807) is 53.4 Å². The van der Waals surface area contributed by atoms with Crippen molar-refractivity contribution in [2.45, 2.75) is 32.8 Å². The molecule has 1 aliphatic rings. The van der Waals surface area contributed by atoms with E-state index in [0.717, 1.165) is 12.1 Å². The van der Waals surface area contributed by atoms with Crippen LogP contribution in [0.25, 0.3) is 0 Å². The Balaban J connectivity index is 1.57. The van der Waals surface area contributed by atoms with Gasteiger partial charge in [-0.25, -0.2) is 4.79 Å². The van der Waals surface area contributed by atoms with E-state index in [2.05, 4.69) is 5.32 Å². The van der Waals surface area contributed by atoms with Crippen LogP contribution in [0.1, 0.15) is 47.4 Å². The summed E-state index contributed by atoms with van der Waals surface area (Å²) in [4.78, 5) is 49.3. The predicted octanol–water partition coefficient (Wildman–Crippen LogP) is 3.20. The molecule has 0 unspecified atom stereocenters. The van der Waals surface area contributed by atoms with Crippen molar-refractivity contribution in [3.05, 3.63) is 59.7 Å². The van der Waals surface area contributed by atoms with Crippen LogP contribution >= 0.6 is 0 Å². The Kier molecular flexibility index (Phi) is 6.07. The quantitative estimate of drug-likeness (QED) is 0.600. The number of rotatable bonds is 6. The highest BCUT2D eigenvalue weighted by molar-refractivity contribution is 5.99. The summed E-state index contributed by atoms with van der Waals surface area (Å²) in [6.07, 6.45) is 0.357. The molecule has 1 N–H and O–H groups in total. The minimum Gasteiger partial charge on any atom is -0.449 e. The van der Waals surface area contributed by atoms with Gasteiger partial charge in [0.05, 0.1) is 5.56 Å². The molecule has 0 bridgehead atoms. The van der Waals surface area contributed by atoms with Gasteiger partial charge in [0.2, 0.25) is 5.91 Å². The number of nitrogens with zero attached hydrogens (tertiary/aromatic N) is 1. The lowest BCUT2D eigenvalue weighted by molar-refractivity contribution is -0.123. The molecule has 0 radical (unpaired) electrons. The van der Waals surface area contributed by atoms with Crippen LogP contribution in [-0.2, 0) is 14.3 Å². The standard InChI is InChI=1S/C22H22N2O5/c1-14(25)16-5-9-18(10-6-16)23-21(27)15(2)29-22(28)17-7-11-19(12-8-17)24-13-3-4-20(24)26/h5-12,15H,3-4,13H2,1-2H3,(H,23,27)/t15-/m0/s1. The first-order chi connectivity index (χ1) is 13.8. The molecular weight excluding hydrogens is 372 g/mol. The van der Waals surface area contributed by atoms with Gasteiger partial charge in [0, 0.05) is 29.9 Å². The zero-order valence-electron chi connectivity index (χ0n) is 16.3. The molecule has 0 aliphatic carbocycles. The molecule has 1 aliphatic heterocycles. The molecule has 7 heteroatoms. The van der Waals surface area contributed by atoms with Gasteiger partial charge < -0.3 is 15.0 Å². The van der Waals surface area contributed by atoms with Crippen molar-refractivity contribution < 1.29 is 23.9 Å². The summed E-state index contributed by atoms with van der Waals surface area (Å²) in [7, 11) is 0. The SMILES string of the molecule is CC(=O)c1ccc(NC(=O)[C@H](C)OC(=O)c2ccc(N3CCCC3=O)cc2)cc1. The number of ketones is 1. The summed E-state index contributed by atoms with van der Waals surface area (Å²) in [5.41, 5.74) is 2.08. The molecule has 0 spiro atoms. The predicted molar refractivity (Wildman–Crippen MR) is 108 cm³/mol. The Morgan fingerprint density at radius 1 is 1.00 bits per heavy atom. The molecule has 0 saturated carbocycles. The van der Waals surface area contributed by atoms with E-state index in [1.807, 2.05) is 0 Å². The number of esters is 1. The topological polar surface area (TPSA) is 92.8 Å². The van der Waals surface area contributed by atoms with E-state index in [-0.39, 0.29) is 11.7 Å². The lowest BCUT2D eigenvalue weighted by Crippen LogP contribution is -2.30. The summed E-state index contributed by atoms with van der Waals surface area (Å²) in [6, 6.07) is 13.0. The van der Waals surface area contributed by atoms with Gasteiger partial charge in [0.25, 0.3) is 5.91 Å². The number of Topliss-reactive ketones (excluding diaryl/α,β-unsaturated/α-hetero) is 1. The van der Waals surface area contributed by atoms with E-state index >= 15 is 0 Å². The Morgan fingerprint density at radius 3 is 2.17 bits per heavy atom. The van der Waals surface area contributed by atoms with Gasteiger partial charge in [-0.2, -0.15) is 0 Å². The Hall–Kier alpha value is -3.48. The fourth-order valence-corrected chi connectivity index (χ4v) is 3.01. The molecule has 1 heterocycles. The van der Waals surface area contributed by atoms with Gasteiger partial charge in [-0.05, 0) is 68.8 Å². The number of amides is 2. The second-order valence-electron chi connectivity index (χ2n) is 6.87. The molecule has 2 aromatic rings. The number of anilines is 2. The van der Waals surface area contributed by atoms with Crippen LogP contribution < -0.4 is 10.2 Å². The van der Waals surface area contributed by atoms with Crippen molar-refractivity contribution in [3.8, 4) is 0 Å². The Bertz CT molecular complexity index is 935. The van der Waals surface area contributed by atoms with Crippen molar-refractivity contribution in [2.75, 3.05) is 16.8 Å². The second-order valence-corrected chi connectivity index (χ2v) is 6.87. The van der Waals surface area contributed by atoms with Crippen LogP contribution in [0.5, 0.6) is 0 Å². The summed E-state index contributed by atoms with van der Waals surface area (Å²) in [5, 5.41) is 2.64. The highest BCUT2D eigenvalue weighted by atomic mass is 16.5. The van der Waals surface area contributed by atoms with Crippen molar-refractivity contribution in [3.63, 3.8) is 0 Å². The summed E-state index contributed by atoms with van der Waals surface area (Å²) in [6.45, 7) is 3.62. The minimum absolute atomic E-state index is 0.0645. The van der Waals surface area contributed by atoms with Gasteiger partial charge in [0.1, 0.15) is 0 Å². The number of hydrogen-bond donors (Lipinski definition) is 1. The lowest BCUT2D eigenvalue weighted by Gasteiger charge is -2.16. The number of ether oxygens (including phenoxy) is 1. The maximum absolute atomic E-state index is 12.3. The average Bonchev–Trinajstić information content (AvgIpc) is 3.14. The first kappa shape index (κ1) is 20.3. The highest BCUT2D eigenvalue weighted by Gasteiger charge is 2.23. The number of carbonyl (C=O) groups is 4. The van der Waals surface area contributed by atoms with Gasteiger partial charge in [-0.15, -0.1) is 0 Å². The molecule has 3 rings (SSSR count). The fraction of sp³-hybridized carbons (Fsp3) is 0.273. The van der Waals surface area contributed by atoms with Gasteiger partial charge in [-0.1, -0.05) is 0 Å². The molecule has 7 nitrogen and oxygen atoms in total. The van der Waals surface area contributed by atoms with Crippen LogP contribution in [0, 0.1) is 0 Å². The van der Waals surface area contributed by atoms with E-state index in [4.69, 9.17) is 4.74 Å². The molecule has 1 atom stereocenters. The number of hydrogen-bond acceptors (Lipinski definition) is 5. The molecular formula is C22H22N2O5. The van der Waals surface area contributed by atoms with Crippen molar-refractivity contribution >= 4 is 34.9 Å². The zero-order chi connectivity index (χ0) is 21.0. The Morgan fingerprint density at radius 2 is 1.62 bits per heavy atom. The molecule has 2 amide bonds. The third kappa shape index (κ3) is 4.87. The summed E-state index contributed by atoms with van der Waals surface area (Å²) in [5.74, 6) is -1.10. The third-order valence-electron chi connectivity index (χ3n) is 4.70. The van der Waals surface area contributed by atoms with Crippen LogP contribution in [0.4, 0.5) is 11.4 Å². The van der Waals surface area contributed by atoms with Gasteiger partial charge in [0.15, 0.2) is 11.9 Å². The summed E-state index contributed by atoms with van der Waals surface area (Å²) < 4.78 is 5.23. The monoisotopic (exact) mass is 394 g/mol. The largest absolute Gasteiger partial charge is 0.449 e. The minimum atomic E-state index is -1.00. The third-order valence-corrected chi connectivity index (χ3v) is 4.70. The first-order valence-corrected chi connectivity index (χ1v) is 9.38. The number of nitrogens with one attached hydrogen (secondary N) is 1. The second kappa shape index (κ2) is 8.68. The lowest BCUT2D eigenvalue weighted by atomic mass is 10.1. The van der Waals surface area contributed by atoms with Crippen LogP contribution in [0.3, 0.4) is 0 Å². The van der Waals surface area contributed by atoms with Crippen molar-refractivity contribution in [1.82, 2.24) is 0 Å². The van der Waals surface area contributed by atoms with Crippen LogP contribution in [0.15, 0.2) is 48.5 Å². The molecule has 150 valence electrons. The smallest absolute Gasteiger partial charge is 0.338 e. The maximum Gasteiger partial charge on any atom is 0.338 e.